The van der Waals surface area contributed by atoms with Crippen LogP contribution in [0.15, 0.2) is 18.2 Å². The molecule has 96 valence electrons. The van der Waals surface area contributed by atoms with Crippen molar-refractivity contribution in [3.05, 3.63) is 29.3 Å². The number of likely N-dealkylation sites (N-methyl/N-ethyl adjacent to an activating group) is 1. The van der Waals surface area contributed by atoms with E-state index in [4.69, 9.17) is 10.5 Å². The van der Waals surface area contributed by atoms with Gasteiger partial charge in [0.1, 0.15) is 12.4 Å². The monoisotopic (exact) mass is 236 g/mol. The van der Waals surface area contributed by atoms with Gasteiger partial charge in [0.05, 0.1) is 0 Å². The maximum absolute atomic E-state index is 5.83. The first kappa shape index (κ1) is 14.0. The molecule has 1 rings (SSSR count). The third-order valence-corrected chi connectivity index (χ3v) is 3.34. The highest BCUT2D eigenvalue weighted by molar-refractivity contribution is 5.34. The molecule has 0 radical (unpaired) electrons. The Balaban J connectivity index is 2.67. The fourth-order valence-corrected chi connectivity index (χ4v) is 1.38. The van der Waals surface area contributed by atoms with Crippen molar-refractivity contribution < 1.29 is 4.74 Å². The minimum Gasteiger partial charge on any atom is -0.492 e. The molecule has 0 amide bonds. The first-order chi connectivity index (χ1) is 7.86. The number of nitrogens with two attached hydrogens (primary N) is 1. The van der Waals surface area contributed by atoms with Gasteiger partial charge in [-0.2, -0.15) is 0 Å². The molecule has 0 saturated heterocycles. The van der Waals surface area contributed by atoms with Crippen LogP contribution in [0.3, 0.4) is 0 Å². The summed E-state index contributed by atoms with van der Waals surface area (Å²) in [5, 5.41) is 0. The Bertz CT molecular complexity index is 372. The summed E-state index contributed by atoms with van der Waals surface area (Å²) in [5.41, 5.74) is 8.02. The van der Waals surface area contributed by atoms with Crippen molar-refractivity contribution in [2.75, 3.05) is 20.7 Å². The van der Waals surface area contributed by atoms with Crippen LogP contribution in [0.5, 0.6) is 5.75 Å². The summed E-state index contributed by atoms with van der Waals surface area (Å²) in [7, 11) is 4.12. The van der Waals surface area contributed by atoms with Crippen LogP contribution in [0.1, 0.15) is 25.0 Å². The van der Waals surface area contributed by atoms with E-state index in [1.165, 1.54) is 11.1 Å². The second-order valence-corrected chi connectivity index (χ2v) is 5.29. The molecule has 0 bridgehead atoms. The first-order valence-electron chi connectivity index (χ1n) is 5.96. The topological polar surface area (TPSA) is 38.5 Å². The minimum atomic E-state index is 0.0282. The van der Waals surface area contributed by atoms with Gasteiger partial charge >= 0.3 is 0 Å². The Morgan fingerprint density at radius 3 is 2.41 bits per heavy atom. The maximum Gasteiger partial charge on any atom is 0.119 e. The third kappa shape index (κ3) is 3.72. The lowest BCUT2D eigenvalue weighted by Gasteiger charge is -2.32. The molecule has 1 aromatic carbocycles. The zero-order chi connectivity index (χ0) is 13.1. The van der Waals surface area contributed by atoms with E-state index in [1.807, 2.05) is 18.2 Å². The van der Waals surface area contributed by atoms with E-state index in [0.717, 1.165) is 5.75 Å². The van der Waals surface area contributed by atoms with Gasteiger partial charge in [-0.25, -0.2) is 0 Å². The molecular formula is C14H24N2O. The van der Waals surface area contributed by atoms with Gasteiger partial charge < -0.3 is 15.4 Å². The molecule has 3 nitrogen and oxygen atoms in total. The Morgan fingerprint density at radius 2 is 1.94 bits per heavy atom. The molecule has 2 N–H and O–H groups in total. The minimum absolute atomic E-state index is 0.0282. The second kappa shape index (κ2) is 5.52. The van der Waals surface area contributed by atoms with E-state index in [9.17, 15) is 0 Å². The highest BCUT2D eigenvalue weighted by Crippen LogP contribution is 2.19. The van der Waals surface area contributed by atoms with Crippen molar-refractivity contribution in [2.45, 2.75) is 32.9 Å². The van der Waals surface area contributed by atoms with Gasteiger partial charge in [-0.3, -0.25) is 0 Å². The van der Waals surface area contributed by atoms with Crippen molar-refractivity contribution in [3.63, 3.8) is 0 Å². The number of rotatable bonds is 5. The van der Waals surface area contributed by atoms with Crippen LogP contribution in [0.25, 0.3) is 0 Å². The summed E-state index contributed by atoms with van der Waals surface area (Å²) in [4.78, 5) is 2.16. The summed E-state index contributed by atoms with van der Waals surface area (Å²) < 4.78 is 5.83. The summed E-state index contributed by atoms with van der Waals surface area (Å²) in [5.74, 6) is 0.912. The number of aryl methyl sites for hydroxylation is 1. The van der Waals surface area contributed by atoms with Crippen LogP contribution in [-0.2, 0) is 6.54 Å². The molecule has 1 aromatic rings. The van der Waals surface area contributed by atoms with Crippen LogP contribution in [0.4, 0.5) is 0 Å². The van der Waals surface area contributed by atoms with Gasteiger partial charge in [-0.15, -0.1) is 0 Å². The van der Waals surface area contributed by atoms with Crippen LogP contribution in [0, 0.1) is 6.92 Å². The van der Waals surface area contributed by atoms with E-state index >= 15 is 0 Å². The highest BCUT2D eigenvalue weighted by Gasteiger charge is 2.21. The van der Waals surface area contributed by atoms with Gasteiger partial charge in [0.25, 0.3) is 0 Å². The third-order valence-electron chi connectivity index (χ3n) is 3.34. The normalized spacial score (nSPS) is 11.9. The van der Waals surface area contributed by atoms with Gasteiger partial charge in [0.15, 0.2) is 0 Å². The summed E-state index contributed by atoms with van der Waals surface area (Å²) in [6.45, 7) is 7.63. The van der Waals surface area contributed by atoms with E-state index in [1.54, 1.807) is 0 Å². The number of benzene rings is 1. The van der Waals surface area contributed by atoms with Crippen molar-refractivity contribution in [2.24, 2.45) is 5.73 Å². The SMILES string of the molecule is Cc1cc(OCC(C)(C)N(C)C)ccc1CN. The predicted octanol–water partition coefficient (Wildman–Crippen LogP) is 2.17. The van der Waals surface area contributed by atoms with Gasteiger partial charge in [-0.05, 0) is 58.1 Å². The fourth-order valence-electron chi connectivity index (χ4n) is 1.38. The van der Waals surface area contributed by atoms with Crippen molar-refractivity contribution in [1.29, 1.82) is 0 Å². The van der Waals surface area contributed by atoms with Crippen molar-refractivity contribution >= 4 is 0 Å². The molecule has 0 atom stereocenters. The zero-order valence-electron chi connectivity index (χ0n) is 11.6. The average molecular weight is 236 g/mol. The Labute approximate surface area is 105 Å². The highest BCUT2D eigenvalue weighted by atomic mass is 16.5. The number of ether oxygens (including phenoxy) is 1. The maximum atomic E-state index is 5.83. The number of hydrogen-bond acceptors (Lipinski definition) is 3. The van der Waals surface area contributed by atoms with Gasteiger partial charge in [0, 0.05) is 12.1 Å². The molecule has 0 aliphatic carbocycles. The van der Waals surface area contributed by atoms with E-state index in [0.29, 0.717) is 13.2 Å². The smallest absolute Gasteiger partial charge is 0.119 e. The summed E-state index contributed by atoms with van der Waals surface area (Å²) >= 11 is 0. The summed E-state index contributed by atoms with van der Waals surface area (Å²) in [6.07, 6.45) is 0. The lowest BCUT2D eigenvalue weighted by Crippen LogP contribution is -2.43. The van der Waals surface area contributed by atoms with Crippen LogP contribution in [-0.4, -0.2) is 31.1 Å². The Kier molecular flexibility index (Phi) is 4.54. The summed E-state index contributed by atoms with van der Waals surface area (Å²) in [6, 6.07) is 6.07. The number of nitrogens with zero attached hydrogens (tertiary/aromatic N) is 1. The fraction of sp³-hybridized carbons (Fsp3) is 0.571. The van der Waals surface area contributed by atoms with Crippen LogP contribution < -0.4 is 10.5 Å². The molecule has 0 aliphatic rings. The second-order valence-electron chi connectivity index (χ2n) is 5.29. The average Bonchev–Trinajstić information content (AvgIpc) is 2.26. The van der Waals surface area contributed by atoms with E-state index < -0.39 is 0 Å². The van der Waals surface area contributed by atoms with Gasteiger partial charge in [-0.1, -0.05) is 6.07 Å². The lowest BCUT2D eigenvalue weighted by molar-refractivity contribution is 0.114. The number of hydrogen-bond donors (Lipinski definition) is 1. The molecule has 0 aromatic heterocycles. The molecule has 0 saturated carbocycles. The largest absolute Gasteiger partial charge is 0.492 e. The molecule has 0 heterocycles. The van der Waals surface area contributed by atoms with Crippen molar-refractivity contribution in [3.8, 4) is 5.75 Å². The molecule has 17 heavy (non-hydrogen) atoms. The van der Waals surface area contributed by atoms with E-state index in [2.05, 4.69) is 39.8 Å². The molecular weight excluding hydrogens is 212 g/mol. The van der Waals surface area contributed by atoms with Crippen molar-refractivity contribution in [1.82, 2.24) is 4.90 Å². The molecule has 0 aliphatic heterocycles. The first-order valence-corrected chi connectivity index (χ1v) is 5.96. The lowest BCUT2D eigenvalue weighted by atomic mass is 10.1. The van der Waals surface area contributed by atoms with Crippen LogP contribution >= 0.6 is 0 Å². The molecule has 0 unspecified atom stereocenters. The zero-order valence-corrected chi connectivity index (χ0v) is 11.6. The van der Waals surface area contributed by atoms with Gasteiger partial charge in [0.2, 0.25) is 0 Å². The molecule has 0 spiro atoms. The quantitative estimate of drug-likeness (QED) is 0.851. The van der Waals surface area contributed by atoms with E-state index in [-0.39, 0.29) is 5.54 Å². The predicted molar refractivity (Wildman–Crippen MR) is 72.3 cm³/mol. The molecule has 0 fully saturated rings. The molecule has 3 heteroatoms. The Morgan fingerprint density at radius 1 is 1.29 bits per heavy atom. The Hall–Kier alpha value is -1.06. The standard InChI is InChI=1S/C14H24N2O/c1-11-8-13(7-6-12(11)9-15)17-10-14(2,3)16(4)5/h6-8H,9-10,15H2,1-5H3. The van der Waals surface area contributed by atoms with Crippen LogP contribution in [0.2, 0.25) is 0 Å².